The summed E-state index contributed by atoms with van der Waals surface area (Å²) in [4.78, 5) is 51.1. The van der Waals surface area contributed by atoms with Gasteiger partial charge in [0.2, 0.25) is 5.95 Å². The van der Waals surface area contributed by atoms with Crippen molar-refractivity contribution in [3.63, 3.8) is 0 Å². The van der Waals surface area contributed by atoms with Gasteiger partial charge in [0.15, 0.2) is 0 Å². The molecular weight excluding hydrogens is 478 g/mol. The predicted octanol–water partition coefficient (Wildman–Crippen LogP) is 5.34. The number of fused-ring (bicyclic) bond motifs is 1. The van der Waals surface area contributed by atoms with Crippen LogP contribution in [0.1, 0.15) is 93.3 Å². The zero-order chi connectivity index (χ0) is 28.2. The van der Waals surface area contributed by atoms with Crippen molar-refractivity contribution in [1.82, 2.24) is 15.3 Å². The van der Waals surface area contributed by atoms with Crippen LogP contribution in [-0.2, 0) is 27.2 Å². The van der Waals surface area contributed by atoms with E-state index in [0.717, 1.165) is 12.0 Å². The van der Waals surface area contributed by atoms with E-state index in [4.69, 9.17) is 14.2 Å². The van der Waals surface area contributed by atoms with Crippen molar-refractivity contribution >= 4 is 30.0 Å². The van der Waals surface area contributed by atoms with Gasteiger partial charge in [-0.05, 0) is 81.7 Å². The van der Waals surface area contributed by atoms with Crippen LogP contribution in [0, 0.1) is 0 Å². The van der Waals surface area contributed by atoms with Crippen LogP contribution in [0.25, 0.3) is 0 Å². The summed E-state index contributed by atoms with van der Waals surface area (Å²) >= 11 is 0. The van der Waals surface area contributed by atoms with Gasteiger partial charge in [0.25, 0.3) is 0 Å². The summed E-state index contributed by atoms with van der Waals surface area (Å²) in [6.45, 7) is 18.9. The Balaban J connectivity index is 2.70. The van der Waals surface area contributed by atoms with Gasteiger partial charge in [-0.1, -0.05) is 13.3 Å². The van der Waals surface area contributed by atoms with Gasteiger partial charge < -0.3 is 19.5 Å². The zero-order valence-corrected chi connectivity index (χ0v) is 24.0. The Kier molecular flexibility index (Phi) is 9.51. The number of hydrogen-bond acceptors (Lipinski definition) is 9. The van der Waals surface area contributed by atoms with E-state index in [-0.39, 0.29) is 5.95 Å². The molecule has 0 saturated carbocycles. The van der Waals surface area contributed by atoms with Crippen LogP contribution in [0.2, 0.25) is 0 Å². The molecule has 3 amide bonds. The highest BCUT2D eigenvalue weighted by Gasteiger charge is 2.37. The van der Waals surface area contributed by atoms with E-state index < -0.39 is 35.1 Å². The minimum atomic E-state index is -0.978. The molecular formula is C26H43N5O6. The molecule has 1 aromatic rings. The quantitative estimate of drug-likeness (QED) is 0.511. The maximum Gasteiger partial charge on any atom is 0.427 e. The molecule has 1 aromatic heterocycles. The minimum Gasteiger partial charge on any atom is -0.443 e. The normalized spacial score (nSPS) is 13.9. The molecule has 1 aliphatic heterocycles. The molecule has 0 saturated heterocycles. The number of nitrogens with zero attached hydrogens (tertiary/aromatic N) is 4. The Labute approximate surface area is 220 Å². The number of unbranched alkanes of at least 4 members (excludes halogenated alkanes) is 1. The lowest BCUT2D eigenvalue weighted by Gasteiger charge is -2.31. The number of aromatic nitrogens is 2. The highest BCUT2D eigenvalue weighted by atomic mass is 16.6. The lowest BCUT2D eigenvalue weighted by Crippen LogP contribution is -2.45. The van der Waals surface area contributed by atoms with E-state index in [1.54, 1.807) is 62.3 Å². The summed E-state index contributed by atoms with van der Waals surface area (Å²) in [7, 11) is 0. The van der Waals surface area contributed by atoms with Gasteiger partial charge in [-0.3, -0.25) is 4.90 Å². The number of nitrogens with one attached hydrogen (secondary N) is 1. The smallest absolute Gasteiger partial charge is 0.427 e. The SMILES string of the molecule is CCCCN(C(=O)OC(C)(C)C)c1nc(N(C(=O)OC(C)(C)C)C(=O)OC(C)(C)C)nc2c1CCNC2. The molecule has 37 heavy (non-hydrogen) atoms. The third-order valence-corrected chi connectivity index (χ3v) is 4.86. The third kappa shape index (κ3) is 9.14. The number of amides is 3. The largest absolute Gasteiger partial charge is 0.443 e. The molecule has 0 fully saturated rings. The first-order valence-corrected chi connectivity index (χ1v) is 12.8. The van der Waals surface area contributed by atoms with Gasteiger partial charge in [0.05, 0.1) is 5.69 Å². The van der Waals surface area contributed by atoms with Crippen LogP contribution in [0.5, 0.6) is 0 Å². The number of rotatable bonds is 5. The summed E-state index contributed by atoms with van der Waals surface area (Å²) in [6, 6.07) is 0. The number of hydrogen-bond donors (Lipinski definition) is 1. The van der Waals surface area contributed by atoms with Gasteiger partial charge >= 0.3 is 18.3 Å². The molecule has 0 unspecified atom stereocenters. The van der Waals surface area contributed by atoms with Gasteiger partial charge in [0, 0.05) is 18.7 Å². The van der Waals surface area contributed by atoms with E-state index in [0.29, 0.717) is 48.9 Å². The first-order chi connectivity index (χ1) is 16.9. The fourth-order valence-corrected chi connectivity index (χ4v) is 3.42. The molecule has 0 spiro atoms. The van der Waals surface area contributed by atoms with E-state index in [9.17, 15) is 14.4 Å². The van der Waals surface area contributed by atoms with Crippen molar-refractivity contribution in [2.45, 2.75) is 112 Å². The number of anilines is 2. The molecule has 2 rings (SSSR count). The van der Waals surface area contributed by atoms with Crippen LogP contribution in [0.3, 0.4) is 0 Å². The third-order valence-electron chi connectivity index (χ3n) is 4.86. The summed E-state index contributed by atoms with van der Waals surface area (Å²) in [5.41, 5.74) is -1.16. The van der Waals surface area contributed by atoms with E-state index >= 15 is 0 Å². The monoisotopic (exact) mass is 521 g/mol. The van der Waals surface area contributed by atoms with Gasteiger partial charge in [-0.15, -0.1) is 4.90 Å². The molecule has 11 heteroatoms. The van der Waals surface area contributed by atoms with Crippen LogP contribution < -0.4 is 15.1 Å². The van der Waals surface area contributed by atoms with Gasteiger partial charge in [0.1, 0.15) is 22.6 Å². The average Bonchev–Trinajstić information content (AvgIpc) is 2.70. The highest BCUT2D eigenvalue weighted by molar-refractivity contribution is 6.08. The highest BCUT2D eigenvalue weighted by Crippen LogP contribution is 2.30. The van der Waals surface area contributed by atoms with Crippen molar-refractivity contribution in [3.05, 3.63) is 11.3 Å². The van der Waals surface area contributed by atoms with Gasteiger partial charge in [-0.25, -0.2) is 19.4 Å². The van der Waals surface area contributed by atoms with E-state index in [1.165, 1.54) is 4.90 Å². The van der Waals surface area contributed by atoms with Crippen molar-refractivity contribution in [3.8, 4) is 0 Å². The lowest BCUT2D eigenvalue weighted by atomic mass is 10.1. The summed E-state index contributed by atoms with van der Waals surface area (Å²) in [6.07, 6.45) is -0.416. The van der Waals surface area contributed by atoms with Gasteiger partial charge in [-0.2, -0.15) is 4.98 Å². The molecule has 11 nitrogen and oxygen atoms in total. The molecule has 208 valence electrons. The summed E-state index contributed by atoms with van der Waals surface area (Å²) in [5, 5.41) is 3.24. The Hall–Kier alpha value is -2.95. The molecule has 0 aromatic carbocycles. The fraction of sp³-hybridized carbons (Fsp3) is 0.731. The van der Waals surface area contributed by atoms with E-state index in [1.807, 2.05) is 6.92 Å². The predicted molar refractivity (Wildman–Crippen MR) is 141 cm³/mol. The number of carbonyl (C=O) groups is 3. The molecule has 0 aliphatic carbocycles. The maximum absolute atomic E-state index is 13.3. The summed E-state index contributed by atoms with van der Waals surface area (Å²) < 4.78 is 16.7. The van der Waals surface area contributed by atoms with Crippen LogP contribution in [0.15, 0.2) is 0 Å². The number of carbonyl (C=O) groups excluding carboxylic acids is 3. The standard InChI is InChI=1S/C26H43N5O6/c1-11-12-15-30(21(32)35-24(2,3)4)19-17-13-14-27-16-18(17)28-20(29-19)31(22(33)36-25(5,6)7)23(34)37-26(8,9)10/h27H,11-16H2,1-10H3. The maximum atomic E-state index is 13.3. The zero-order valence-electron chi connectivity index (χ0n) is 24.0. The van der Waals surface area contributed by atoms with Crippen molar-refractivity contribution in [2.24, 2.45) is 0 Å². The minimum absolute atomic E-state index is 0.231. The molecule has 0 atom stereocenters. The fourth-order valence-electron chi connectivity index (χ4n) is 3.42. The molecule has 0 bridgehead atoms. The molecule has 0 radical (unpaired) electrons. The van der Waals surface area contributed by atoms with Crippen molar-refractivity contribution in [1.29, 1.82) is 0 Å². The molecule has 1 aliphatic rings. The first kappa shape index (κ1) is 30.3. The number of imide groups is 1. The second-order valence-corrected chi connectivity index (χ2v) is 12.0. The van der Waals surface area contributed by atoms with Crippen molar-refractivity contribution in [2.75, 3.05) is 22.9 Å². The molecule has 2 heterocycles. The lowest BCUT2D eigenvalue weighted by molar-refractivity contribution is 0.0426. The second kappa shape index (κ2) is 11.6. The van der Waals surface area contributed by atoms with E-state index in [2.05, 4.69) is 15.3 Å². The second-order valence-electron chi connectivity index (χ2n) is 12.0. The average molecular weight is 522 g/mol. The molecule has 1 N–H and O–H groups in total. The first-order valence-electron chi connectivity index (χ1n) is 12.8. The van der Waals surface area contributed by atoms with Crippen molar-refractivity contribution < 1.29 is 28.6 Å². The van der Waals surface area contributed by atoms with Crippen LogP contribution in [-0.4, -0.2) is 58.1 Å². The topological polar surface area (TPSA) is 123 Å². The number of ether oxygens (including phenoxy) is 3. The Morgan fingerprint density at radius 1 is 0.838 bits per heavy atom. The Bertz CT molecular complexity index is 963. The van der Waals surface area contributed by atoms with Crippen LogP contribution in [0.4, 0.5) is 26.1 Å². The Morgan fingerprint density at radius 3 is 1.84 bits per heavy atom. The summed E-state index contributed by atoms with van der Waals surface area (Å²) in [5.74, 6) is 0.0762. The van der Waals surface area contributed by atoms with Crippen LogP contribution >= 0.6 is 0 Å². The Morgan fingerprint density at radius 2 is 1.35 bits per heavy atom.